The number of carbonyl (C=O) groups is 2. The Hall–Kier alpha value is -2.82. The Morgan fingerprint density at radius 2 is 1.92 bits per heavy atom. The van der Waals surface area contributed by atoms with Crippen LogP contribution in [0.2, 0.25) is 0 Å². The van der Waals surface area contributed by atoms with Crippen molar-refractivity contribution >= 4 is 23.2 Å². The zero-order chi connectivity index (χ0) is 17.8. The summed E-state index contributed by atoms with van der Waals surface area (Å²) in [7, 11) is 3.42. The quantitative estimate of drug-likeness (QED) is 0.933. The molecule has 5 nitrogen and oxygen atoms in total. The second-order valence-corrected chi connectivity index (χ2v) is 6.48. The lowest BCUT2D eigenvalue weighted by Gasteiger charge is -2.30. The monoisotopic (exact) mass is 337 g/mol. The van der Waals surface area contributed by atoms with Gasteiger partial charge in [0.15, 0.2) is 0 Å². The molecule has 1 heterocycles. The summed E-state index contributed by atoms with van der Waals surface area (Å²) in [5, 5.41) is 2.90. The van der Waals surface area contributed by atoms with Gasteiger partial charge in [-0.3, -0.25) is 9.59 Å². The van der Waals surface area contributed by atoms with Crippen LogP contribution in [0.5, 0.6) is 0 Å². The summed E-state index contributed by atoms with van der Waals surface area (Å²) in [6.45, 7) is 1.19. The standard InChI is InChI=1S/C20H23N3O2/c1-22(2)20(25)16-8-5-10-17(13-16)21-19(24)14-23-12-6-9-15-7-3-4-11-18(15)23/h3-5,7-8,10-11,13H,6,9,12,14H2,1-2H3,(H,21,24). The van der Waals surface area contributed by atoms with E-state index in [-0.39, 0.29) is 11.8 Å². The summed E-state index contributed by atoms with van der Waals surface area (Å²) >= 11 is 0. The molecule has 0 saturated heterocycles. The molecule has 0 saturated carbocycles. The highest BCUT2D eigenvalue weighted by molar-refractivity contribution is 5.98. The molecule has 25 heavy (non-hydrogen) atoms. The van der Waals surface area contributed by atoms with Crippen molar-refractivity contribution in [3.63, 3.8) is 0 Å². The van der Waals surface area contributed by atoms with E-state index in [2.05, 4.69) is 22.3 Å². The molecule has 0 fully saturated rings. The molecule has 2 aromatic carbocycles. The fourth-order valence-corrected chi connectivity index (χ4v) is 3.14. The van der Waals surface area contributed by atoms with E-state index in [4.69, 9.17) is 0 Å². The normalized spacial score (nSPS) is 13.1. The minimum Gasteiger partial charge on any atom is -0.362 e. The lowest BCUT2D eigenvalue weighted by molar-refractivity contribution is -0.115. The molecule has 1 aliphatic rings. The maximum atomic E-state index is 12.5. The van der Waals surface area contributed by atoms with Gasteiger partial charge in [-0.25, -0.2) is 0 Å². The highest BCUT2D eigenvalue weighted by atomic mass is 16.2. The molecule has 1 aliphatic heterocycles. The van der Waals surface area contributed by atoms with Gasteiger partial charge in [-0.15, -0.1) is 0 Å². The first kappa shape index (κ1) is 17.0. The average molecular weight is 337 g/mol. The van der Waals surface area contributed by atoms with Crippen LogP contribution in [0.4, 0.5) is 11.4 Å². The van der Waals surface area contributed by atoms with E-state index in [1.807, 2.05) is 12.1 Å². The van der Waals surface area contributed by atoms with E-state index in [1.165, 1.54) is 10.5 Å². The summed E-state index contributed by atoms with van der Waals surface area (Å²) in [5.74, 6) is -0.160. The summed E-state index contributed by atoms with van der Waals surface area (Å²) in [5.41, 5.74) is 3.63. The Kier molecular flexibility index (Phi) is 5.03. The Balaban J connectivity index is 1.68. The highest BCUT2D eigenvalue weighted by Gasteiger charge is 2.18. The summed E-state index contributed by atoms with van der Waals surface area (Å²) in [6.07, 6.45) is 2.11. The lowest BCUT2D eigenvalue weighted by atomic mass is 10.0. The van der Waals surface area contributed by atoms with Gasteiger partial charge in [-0.2, -0.15) is 0 Å². The van der Waals surface area contributed by atoms with Gasteiger partial charge in [-0.1, -0.05) is 24.3 Å². The van der Waals surface area contributed by atoms with Crippen LogP contribution in [0, 0.1) is 0 Å². The van der Waals surface area contributed by atoms with E-state index >= 15 is 0 Å². The fourth-order valence-electron chi connectivity index (χ4n) is 3.14. The van der Waals surface area contributed by atoms with Gasteiger partial charge in [-0.05, 0) is 42.7 Å². The Morgan fingerprint density at radius 3 is 2.72 bits per heavy atom. The SMILES string of the molecule is CN(C)C(=O)c1cccc(NC(=O)CN2CCCc3ccccc32)c1. The molecule has 2 amide bonds. The zero-order valence-corrected chi connectivity index (χ0v) is 14.7. The van der Waals surface area contributed by atoms with Crippen LogP contribution in [-0.4, -0.2) is 43.9 Å². The molecule has 0 radical (unpaired) electrons. The van der Waals surface area contributed by atoms with Crippen molar-refractivity contribution in [1.29, 1.82) is 0 Å². The first-order chi connectivity index (χ1) is 12.0. The largest absolute Gasteiger partial charge is 0.362 e. The van der Waals surface area contributed by atoms with Crippen molar-refractivity contribution in [2.24, 2.45) is 0 Å². The van der Waals surface area contributed by atoms with E-state index in [9.17, 15) is 9.59 Å². The number of benzene rings is 2. The molecule has 2 aromatic rings. The van der Waals surface area contributed by atoms with E-state index in [0.717, 1.165) is 25.1 Å². The number of aryl methyl sites for hydroxylation is 1. The number of hydrogen-bond donors (Lipinski definition) is 1. The Morgan fingerprint density at radius 1 is 1.12 bits per heavy atom. The smallest absolute Gasteiger partial charge is 0.253 e. The van der Waals surface area contributed by atoms with Gasteiger partial charge in [0.1, 0.15) is 0 Å². The molecule has 0 unspecified atom stereocenters. The number of nitrogens with zero attached hydrogens (tertiary/aromatic N) is 2. The lowest BCUT2D eigenvalue weighted by Crippen LogP contribution is -2.36. The number of fused-ring (bicyclic) bond motifs is 1. The van der Waals surface area contributed by atoms with Crippen LogP contribution in [0.3, 0.4) is 0 Å². The van der Waals surface area contributed by atoms with Crippen molar-refractivity contribution in [3.05, 3.63) is 59.7 Å². The van der Waals surface area contributed by atoms with Crippen molar-refractivity contribution < 1.29 is 9.59 Å². The molecular formula is C20H23N3O2. The minimum absolute atomic E-state index is 0.0776. The molecule has 5 heteroatoms. The molecular weight excluding hydrogens is 314 g/mol. The summed E-state index contributed by atoms with van der Waals surface area (Å²) < 4.78 is 0. The third-order valence-electron chi connectivity index (χ3n) is 4.34. The zero-order valence-electron chi connectivity index (χ0n) is 14.7. The predicted molar refractivity (Wildman–Crippen MR) is 100 cm³/mol. The molecule has 0 atom stereocenters. The first-order valence-corrected chi connectivity index (χ1v) is 8.49. The number of anilines is 2. The molecule has 3 rings (SSSR count). The molecule has 130 valence electrons. The molecule has 0 aromatic heterocycles. The van der Waals surface area contributed by atoms with Crippen molar-refractivity contribution in [3.8, 4) is 0 Å². The number of amides is 2. The van der Waals surface area contributed by atoms with Crippen LogP contribution < -0.4 is 10.2 Å². The van der Waals surface area contributed by atoms with E-state index in [1.54, 1.807) is 38.4 Å². The summed E-state index contributed by atoms with van der Waals surface area (Å²) in [4.78, 5) is 28.1. The Labute approximate surface area is 148 Å². The van der Waals surface area contributed by atoms with Crippen LogP contribution in [0.25, 0.3) is 0 Å². The van der Waals surface area contributed by atoms with Gasteiger partial charge >= 0.3 is 0 Å². The van der Waals surface area contributed by atoms with Gasteiger partial charge in [0.05, 0.1) is 6.54 Å². The summed E-state index contributed by atoms with van der Waals surface area (Å²) in [6, 6.07) is 15.3. The molecule has 1 N–H and O–H groups in total. The Bertz CT molecular complexity index is 786. The van der Waals surface area contributed by atoms with Crippen molar-refractivity contribution in [2.75, 3.05) is 37.4 Å². The second kappa shape index (κ2) is 7.38. The molecule has 0 aliphatic carbocycles. The third kappa shape index (κ3) is 3.99. The van der Waals surface area contributed by atoms with Crippen molar-refractivity contribution in [1.82, 2.24) is 4.90 Å². The maximum Gasteiger partial charge on any atom is 0.253 e. The van der Waals surface area contributed by atoms with Crippen molar-refractivity contribution in [2.45, 2.75) is 12.8 Å². The highest BCUT2D eigenvalue weighted by Crippen LogP contribution is 2.26. The van der Waals surface area contributed by atoms with Crippen LogP contribution in [0.15, 0.2) is 48.5 Å². The van der Waals surface area contributed by atoms with Gasteiger partial charge in [0.2, 0.25) is 5.91 Å². The van der Waals surface area contributed by atoms with Crippen LogP contribution in [-0.2, 0) is 11.2 Å². The van der Waals surface area contributed by atoms with Gasteiger partial charge < -0.3 is 15.1 Å². The van der Waals surface area contributed by atoms with Crippen LogP contribution >= 0.6 is 0 Å². The van der Waals surface area contributed by atoms with E-state index in [0.29, 0.717) is 17.8 Å². The topological polar surface area (TPSA) is 52.7 Å². The van der Waals surface area contributed by atoms with Gasteiger partial charge in [0.25, 0.3) is 5.91 Å². The number of carbonyl (C=O) groups excluding carboxylic acids is 2. The maximum absolute atomic E-state index is 12.5. The van der Waals surface area contributed by atoms with Gasteiger partial charge in [0, 0.05) is 37.6 Å². The number of rotatable bonds is 4. The average Bonchev–Trinajstić information content (AvgIpc) is 2.61. The predicted octanol–water partition coefficient (Wildman–Crippen LogP) is 2.78. The van der Waals surface area contributed by atoms with E-state index < -0.39 is 0 Å². The first-order valence-electron chi connectivity index (χ1n) is 8.49. The third-order valence-corrected chi connectivity index (χ3v) is 4.34. The minimum atomic E-state index is -0.0824. The van der Waals surface area contributed by atoms with Crippen LogP contribution in [0.1, 0.15) is 22.3 Å². The molecule has 0 bridgehead atoms. The second-order valence-electron chi connectivity index (χ2n) is 6.48. The number of hydrogen-bond acceptors (Lipinski definition) is 3. The number of para-hydroxylation sites is 1. The fraction of sp³-hybridized carbons (Fsp3) is 0.300. The molecule has 0 spiro atoms. The number of nitrogens with one attached hydrogen (secondary N) is 1.